The maximum absolute atomic E-state index is 12.8. The lowest BCUT2D eigenvalue weighted by atomic mass is 9.95. The zero-order valence-corrected chi connectivity index (χ0v) is 10.0. The summed E-state index contributed by atoms with van der Waals surface area (Å²) in [4.78, 5) is 2.14. The van der Waals surface area contributed by atoms with Gasteiger partial charge in [0.1, 0.15) is 0 Å². The SMILES string of the molecule is CN1CCc2c(cc(Br)cc2C(F)F)C1. The van der Waals surface area contributed by atoms with Gasteiger partial charge in [0.05, 0.1) is 0 Å². The van der Waals surface area contributed by atoms with Gasteiger partial charge in [-0.2, -0.15) is 0 Å². The van der Waals surface area contributed by atoms with Gasteiger partial charge in [0.15, 0.2) is 0 Å². The third kappa shape index (κ3) is 2.21. The van der Waals surface area contributed by atoms with Crippen molar-refractivity contribution in [1.29, 1.82) is 0 Å². The van der Waals surface area contributed by atoms with E-state index in [4.69, 9.17) is 0 Å². The van der Waals surface area contributed by atoms with Crippen molar-refractivity contribution in [1.82, 2.24) is 4.90 Å². The number of hydrogen-bond donors (Lipinski definition) is 0. The van der Waals surface area contributed by atoms with E-state index in [1.165, 1.54) is 6.07 Å². The second kappa shape index (κ2) is 4.18. The number of fused-ring (bicyclic) bond motifs is 1. The quantitative estimate of drug-likeness (QED) is 0.760. The molecule has 0 bridgehead atoms. The van der Waals surface area contributed by atoms with Crippen molar-refractivity contribution in [3.63, 3.8) is 0 Å². The third-order valence-electron chi connectivity index (χ3n) is 2.76. The Bertz CT molecular complexity index is 379. The number of nitrogens with zero attached hydrogens (tertiary/aromatic N) is 1. The Balaban J connectivity index is 2.49. The van der Waals surface area contributed by atoms with E-state index in [1.807, 2.05) is 13.1 Å². The first-order valence-electron chi connectivity index (χ1n) is 4.86. The van der Waals surface area contributed by atoms with E-state index < -0.39 is 6.43 Å². The largest absolute Gasteiger partial charge is 0.302 e. The fourth-order valence-electron chi connectivity index (χ4n) is 2.03. The highest BCUT2D eigenvalue weighted by molar-refractivity contribution is 9.10. The lowest BCUT2D eigenvalue weighted by molar-refractivity contribution is 0.149. The van der Waals surface area contributed by atoms with E-state index in [-0.39, 0.29) is 5.56 Å². The molecule has 1 aromatic carbocycles. The predicted molar refractivity (Wildman–Crippen MR) is 59.1 cm³/mol. The zero-order valence-electron chi connectivity index (χ0n) is 8.43. The van der Waals surface area contributed by atoms with Gasteiger partial charge in [0.2, 0.25) is 0 Å². The Kier molecular flexibility index (Phi) is 3.07. The minimum absolute atomic E-state index is 0.187. The first kappa shape index (κ1) is 11.0. The van der Waals surface area contributed by atoms with Crippen LogP contribution in [-0.4, -0.2) is 18.5 Å². The molecule has 82 valence electrons. The van der Waals surface area contributed by atoms with Crippen LogP contribution >= 0.6 is 15.9 Å². The average molecular weight is 276 g/mol. The molecule has 4 heteroatoms. The van der Waals surface area contributed by atoms with E-state index in [9.17, 15) is 8.78 Å². The highest BCUT2D eigenvalue weighted by Crippen LogP contribution is 2.32. The molecule has 2 rings (SSSR count). The summed E-state index contributed by atoms with van der Waals surface area (Å²) in [5.74, 6) is 0. The average Bonchev–Trinajstić information content (AvgIpc) is 2.15. The molecular weight excluding hydrogens is 264 g/mol. The van der Waals surface area contributed by atoms with Crippen molar-refractivity contribution in [2.24, 2.45) is 0 Å². The van der Waals surface area contributed by atoms with E-state index in [2.05, 4.69) is 20.8 Å². The minimum atomic E-state index is -2.38. The Labute approximate surface area is 96.2 Å². The molecule has 1 aliphatic rings. The Hall–Kier alpha value is -0.480. The molecule has 0 saturated heterocycles. The van der Waals surface area contributed by atoms with Crippen molar-refractivity contribution in [3.8, 4) is 0 Å². The molecule has 1 aromatic rings. The fourth-order valence-corrected chi connectivity index (χ4v) is 2.55. The number of hydrogen-bond acceptors (Lipinski definition) is 1. The van der Waals surface area contributed by atoms with Crippen LogP contribution < -0.4 is 0 Å². The lowest BCUT2D eigenvalue weighted by Crippen LogP contribution is -2.27. The van der Waals surface area contributed by atoms with Crippen molar-refractivity contribution < 1.29 is 8.78 Å². The molecule has 0 N–H and O–H groups in total. The maximum Gasteiger partial charge on any atom is 0.264 e. The first-order valence-corrected chi connectivity index (χ1v) is 5.65. The third-order valence-corrected chi connectivity index (χ3v) is 3.22. The molecule has 15 heavy (non-hydrogen) atoms. The molecule has 0 amide bonds. The van der Waals surface area contributed by atoms with Crippen LogP contribution in [0, 0.1) is 0 Å². The van der Waals surface area contributed by atoms with E-state index in [0.717, 1.165) is 35.1 Å². The van der Waals surface area contributed by atoms with Gasteiger partial charge < -0.3 is 4.90 Å². The number of rotatable bonds is 1. The summed E-state index contributed by atoms with van der Waals surface area (Å²) in [6.07, 6.45) is -1.65. The monoisotopic (exact) mass is 275 g/mol. The Morgan fingerprint density at radius 1 is 1.40 bits per heavy atom. The lowest BCUT2D eigenvalue weighted by Gasteiger charge is -2.27. The number of benzene rings is 1. The molecule has 0 aliphatic carbocycles. The second-order valence-corrected chi connectivity index (χ2v) is 4.84. The van der Waals surface area contributed by atoms with Gasteiger partial charge in [0.25, 0.3) is 6.43 Å². The van der Waals surface area contributed by atoms with E-state index >= 15 is 0 Å². The van der Waals surface area contributed by atoms with Crippen LogP contribution in [0.4, 0.5) is 8.78 Å². The summed E-state index contributed by atoms with van der Waals surface area (Å²) >= 11 is 3.28. The first-order chi connectivity index (χ1) is 7.08. The molecule has 0 fully saturated rings. The highest BCUT2D eigenvalue weighted by atomic mass is 79.9. The molecule has 0 aromatic heterocycles. The van der Waals surface area contributed by atoms with Gasteiger partial charge in [0, 0.05) is 23.1 Å². The highest BCUT2D eigenvalue weighted by Gasteiger charge is 2.21. The fraction of sp³-hybridized carbons (Fsp3) is 0.455. The maximum atomic E-state index is 12.8. The van der Waals surface area contributed by atoms with Gasteiger partial charge in [-0.05, 0) is 36.7 Å². The van der Waals surface area contributed by atoms with E-state index in [1.54, 1.807) is 0 Å². The summed E-state index contributed by atoms with van der Waals surface area (Å²) < 4.78 is 26.3. The molecule has 1 aliphatic heterocycles. The second-order valence-electron chi connectivity index (χ2n) is 3.92. The van der Waals surface area contributed by atoms with Crippen LogP contribution in [0.1, 0.15) is 23.1 Å². The number of alkyl halides is 2. The zero-order chi connectivity index (χ0) is 11.0. The summed E-state index contributed by atoms with van der Waals surface area (Å²) in [6.45, 7) is 1.61. The smallest absolute Gasteiger partial charge is 0.264 e. The predicted octanol–water partition coefficient (Wildman–Crippen LogP) is 3.37. The molecule has 1 nitrogen and oxygen atoms in total. The van der Waals surface area contributed by atoms with Crippen LogP contribution in [0.2, 0.25) is 0 Å². The van der Waals surface area contributed by atoms with Gasteiger partial charge in [-0.25, -0.2) is 8.78 Å². The topological polar surface area (TPSA) is 3.24 Å². The Morgan fingerprint density at radius 2 is 2.13 bits per heavy atom. The van der Waals surface area contributed by atoms with Gasteiger partial charge in [-0.1, -0.05) is 15.9 Å². The standard InChI is InChI=1S/C11H12BrF2N/c1-15-3-2-9-7(6-15)4-8(12)5-10(9)11(13)14/h4-5,11H,2-3,6H2,1H3. The van der Waals surface area contributed by atoms with Crippen molar-refractivity contribution in [2.45, 2.75) is 19.4 Å². The summed E-state index contributed by atoms with van der Waals surface area (Å²) in [5, 5.41) is 0. The van der Waals surface area contributed by atoms with Gasteiger partial charge in [-0.3, -0.25) is 0 Å². The summed E-state index contributed by atoms with van der Waals surface area (Å²) in [7, 11) is 2.01. The summed E-state index contributed by atoms with van der Waals surface area (Å²) in [5.41, 5.74) is 2.05. The minimum Gasteiger partial charge on any atom is -0.302 e. The van der Waals surface area contributed by atoms with Crippen LogP contribution in [0.25, 0.3) is 0 Å². The Morgan fingerprint density at radius 3 is 2.80 bits per heavy atom. The molecule has 1 heterocycles. The molecule has 0 atom stereocenters. The molecular formula is C11H12BrF2N. The van der Waals surface area contributed by atoms with Crippen molar-refractivity contribution >= 4 is 15.9 Å². The van der Waals surface area contributed by atoms with Gasteiger partial charge in [-0.15, -0.1) is 0 Å². The van der Waals surface area contributed by atoms with Crippen LogP contribution in [-0.2, 0) is 13.0 Å². The molecule has 0 radical (unpaired) electrons. The van der Waals surface area contributed by atoms with Crippen molar-refractivity contribution in [2.75, 3.05) is 13.6 Å². The number of likely N-dealkylation sites (N-methyl/N-ethyl adjacent to an activating group) is 1. The summed E-state index contributed by atoms with van der Waals surface area (Å²) in [6, 6.07) is 3.48. The van der Waals surface area contributed by atoms with Crippen molar-refractivity contribution in [3.05, 3.63) is 33.3 Å². The molecule has 0 spiro atoms. The van der Waals surface area contributed by atoms with E-state index in [0.29, 0.717) is 0 Å². The molecule has 0 unspecified atom stereocenters. The molecule has 0 saturated carbocycles. The van der Waals surface area contributed by atoms with Crippen LogP contribution in [0.5, 0.6) is 0 Å². The normalized spacial score (nSPS) is 16.9. The van der Waals surface area contributed by atoms with Crippen LogP contribution in [0.15, 0.2) is 16.6 Å². The van der Waals surface area contributed by atoms with Crippen LogP contribution in [0.3, 0.4) is 0 Å². The van der Waals surface area contributed by atoms with Gasteiger partial charge >= 0.3 is 0 Å². The number of halogens is 3.